The third-order valence-corrected chi connectivity index (χ3v) is 4.10. The van der Waals surface area contributed by atoms with Crippen LogP contribution >= 0.6 is 36.0 Å². The van der Waals surface area contributed by atoms with Crippen LogP contribution in [0.3, 0.4) is 0 Å². The van der Waals surface area contributed by atoms with Gasteiger partial charge in [-0.15, -0.1) is 0 Å². The van der Waals surface area contributed by atoms with Gasteiger partial charge in [0.25, 0.3) is 0 Å². The average molecular weight is 379 g/mol. The molecule has 0 aliphatic rings. The molecule has 0 aliphatic heterocycles. The second-order valence-electron chi connectivity index (χ2n) is 5.45. The average Bonchev–Trinajstić information content (AvgIpc) is 2.49. The fourth-order valence-electron chi connectivity index (χ4n) is 2.22. The van der Waals surface area contributed by atoms with Gasteiger partial charge in [0.05, 0.1) is 0 Å². The molecule has 2 rings (SSSR count). The SMILES string of the molecule is Cc1cc(C)cc(NC(=S)NNC(=S)Nc2cccc(Cl)c2C)c1. The highest BCUT2D eigenvalue weighted by atomic mass is 35.5. The van der Waals surface area contributed by atoms with Gasteiger partial charge >= 0.3 is 0 Å². The zero-order chi connectivity index (χ0) is 17.7. The van der Waals surface area contributed by atoms with E-state index in [-0.39, 0.29) is 0 Å². The summed E-state index contributed by atoms with van der Waals surface area (Å²) >= 11 is 16.6. The monoisotopic (exact) mass is 378 g/mol. The van der Waals surface area contributed by atoms with Crippen molar-refractivity contribution in [3.8, 4) is 0 Å². The molecule has 7 heteroatoms. The van der Waals surface area contributed by atoms with Crippen LogP contribution in [-0.2, 0) is 0 Å². The molecular weight excluding hydrogens is 360 g/mol. The number of rotatable bonds is 2. The summed E-state index contributed by atoms with van der Waals surface area (Å²) < 4.78 is 0. The van der Waals surface area contributed by atoms with Crippen molar-refractivity contribution >= 4 is 57.6 Å². The predicted molar refractivity (Wildman–Crippen MR) is 111 cm³/mol. The second kappa shape index (κ2) is 8.28. The Morgan fingerprint density at radius 2 is 1.46 bits per heavy atom. The van der Waals surface area contributed by atoms with Gasteiger partial charge in [0, 0.05) is 16.4 Å². The molecule has 2 aromatic carbocycles. The van der Waals surface area contributed by atoms with Crippen LogP contribution in [0.15, 0.2) is 36.4 Å². The molecule has 0 bridgehead atoms. The Balaban J connectivity index is 1.87. The third-order valence-electron chi connectivity index (χ3n) is 3.29. The van der Waals surface area contributed by atoms with Gasteiger partial charge in [-0.1, -0.05) is 23.7 Å². The molecule has 4 nitrogen and oxygen atoms in total. The van der Waals surface area contributed by atoms with Crippen LogP contribution in [0.1, 0.15) is 16.7 Å². The van der Waals surface area contributed by atoms with E-state index in [2.05, 4.69) is 27.6 Å². The molecule has 0 unspecified atom stereocenters. The van der Waals surface area contributed by atoms with E-state index in [1.807, 2.05) is 51.1 Å². The van der Waals surface area contributed by atoms with Gasteiger partial charge in [0.15, 0.2) is 10.2 Å². The Morgan fingerprint density at radius 1 is 0.875 bits per heavy atom. The predicted octanol–water partition coefficient (Wildman–Crippen LogP) is 4.45. The fourth-order valence-corrected chi connectivity index (χ4v) is 2.72. The molecule has 0 atom stereocenters. The summed E-state index contributed by atoms with van der Waals surface area (Å²) in [7, 11) is 0. The molecule has 0 fully saturated rings. The van der Waals surface area contributed by atoms with Crippen molar-refractivity contribution in [2.24, 2.45) is 0 Å². The molecule has 0 radical (unpaired) electrons. The number of nitrogens with one attached hydrogen (secondary N) is 4. The van der Waals surface area contributed by atoms with Gasteiger partial charge in [-0.25, -0.2) is 0 Å². The number of thiocarbonyl (C=S) groups is 2. The first-order valence-electron chi connectivity index (χ1n) is 7.32. The largest absolute Gasteiger partial charge is 0.331 e. The first-order chi connectivity index (χ1) is 11.3. The molecular formula is C17H19ClN4S2. The molecule has 0 saturated heterocycles. The van der Waals surface area contributed by atoms with E-state index in [1.165, 1.54) is 11.1 Å². The highest BCUT2D eigenvalue weighted by molar-refractivity contribution is 7.81. The summed E-state index contributed by atoms with van der Waals surface area (Å²) in [4.78, 5) is 0. The molecule has 0 saturated carbocycles. The number of halogens is 1. The van der Waals surface area contributed by atoms with E-state index in [0.717, 1.165) is 16.9 Å². The summed E-state index contributed by atoms with van der Waals surface area (Å²) in [5, 5.41) is 7.69. The minimum atomic E-state index is 0.393. The number of hydrogen-bond donors (Lipinski definition) is 4. The van der Waals surface area contributed by atoms with Gasteiger partial charge in [-0.3, -0.25) is 10.9 Å². The molecule has 0 aromatic heterocycles. The number of aryl methyl sites for hydroxylation is 2. The molecule has 2 aromatic rings. The van der Waals surface area contributed by atoms with Crippen LogP contribution in [0.2, 0.25) is 5.02 Å². The Hall–Kier alpha value is -1.89. The smallest absolute Gasteiger partial charge is 0.189 e. The molecule has 126 valence electrons. The van der Waals surface area contributed by atoms with E-state index in [0.29, 0.717) is 15.2 Å². The van der Waals surface area contributed by atoms with Crippen LogP contribution in [0.5, 0.6) is 0 Å². The molecule has 0 amide bonds. The first kappa shape index (κ1) is 18.4. The summed E-state index contributed by atoms with van der Waals surface area (Å²) in [6.07, 6.45) is 0. The van der Waals surface area contributed by atoms with Crippen molar-refractivity contribution in [3.63, 3.8) is 0 Å². The lowest BCUT2D eigenvalue weighted by molar-refractivity contribution is 0.885. The van der Waals surface area contributed by atoms with Crippen molar-refractivity contribution in [2.45, 2.75) is 20.8 Å². The van der Waals surface area contributed by atoms with Gasteiger partial charge in [0.2, 0.25) is 0 Å². The van der Waals surface area contributed by atoms with Gasteiger partial charge in [0.1, 0.15) is 0 Å². The van der Waals surface area contributed by atoms with E-state index < -0.39 is 0 Å². The van der Waals surface area contributed by atoms with E-state index in [1.54, 1.807) is 0 Å². The summed E-state index contributed by atoms with van der Waals surface area (Å²) in [6.45, 7) is 6.01. The Labute approximate surface area is 158 Å². The summed E-state index contributed by atoms with van der Waals surface area (Å²) in [5.74, 6) is 0. The van der Waals surface area contributed by atoms with Crippen molar-refractivity contribution in [1.82, 2.24) is 10.9 Å². The maximum atomic E-state index is 6.09. The van der Waals surface area contributed by atoms with Gasteiger partial charge in [-0.05, 0) is 86.2 Å². The Kier molecular flexibility index (Phi) is 6.36. The number of hydrogen-bond acceptors (Lipinski definition) is 2. The summed E-state index contributed by atoms with van der Waals surface area (Å²) in [6, 6.07) is 11.7. The van der Waals surface area contributed by atoms with E-state index >= 15 is 0 Å². The van der Waals surface area contributed by atoms with E-state index in [9.17, 15) is 0 Å². The van der Waals surface area contributed by atoms with E-state index in [4.69, 9.17) is 36.0 Å². The van der Waals surface area contributed by atoms with Gasteiger partial charge < -0.3 is 10.6 Å². The topological polar surface area (TPSA) is 48.1 Å². The number of benzene rings is 2. The maximum absolute atomic E-state index is 6.09. The normalized spacial score (nSPS) is 10.0. The fraction of sp³-hybridized carbons (Fsp3) is 0.176. The number of hydrazine groups is 1. The van der Waals surface area contributed by atoms with Crippen LogP contribution in [0, 0.1) is 20.8 Å². The third kappa shape index (κ3) is 5.33. The second-order valence-corrected chi connectivity index (χ2v) is 6.67. The first-order valence-corrected chi connectivity index (χ1v) is 8.52. The van der Waals surface area contributed by atoms with Crippen LogP contribution in [0.4, 0.5) is 11.4 Å². The number of anilines is 2. The van der Waals surface area contributed by atoms with Crippen LogP contribution in [-0.4, -0.2) is 10.2 Å². The lowest BCUT2D eigenvalue weighted by Crippen LogP contribution is -2.45. The molecule has 4 N–H and O–H groups in total. The lowest BCUT2D eigenvalue weighted by Gasteiger charge is -2.16. The zero-order valence-electron chi connectivity index (χ0n) is 13.7. The highest BCUT2D eigenvalue weighted by Gasteiger charge is 2.05. The highest BCUT2D eigenvalue weighted by Crippen LogP contribution is 2.22. The molecule has 24 heavy (non-hydrogen) atoms. The molecule has 0 spiro atoms. The molecule has 0 aliphatic carbocycles. The zero-order valence-corrected chi connectivity index (χ0v) is 16.0. The quantitative estimate of drug-likeness (QED) is 0.457. The Bertz CT molecular complexity index is 757. The van der Waals surface area contributed by atoms with Gasteiger partial charge in [-0.2, -0.15) is 0 Å². The molecule has 0 heterocycles. The van der Waals surface area contributed by atoms with Crippen molar-refractivity contribution in [2.75, 3.05) is 10.6 Å². The van der Waals surface area contributed by atoms with Crippen molar-refractivity contribution in [1.29, 1.82) is 0 Å². The minimum Gasteiger partial charge on any atom is -0.331 e. The maximum Gasteiger partial charge on any atom is 0.189 e. The minimum absolute atomic E-state index is 0.393. The van der Waals surface area contributed by atoms with Crippen LogP contribution in [0.25, 0.3) is 0 Å². The Morgan fingerprint density at radius 3 is 2.08 bits per heavy atom. The van der Waals surface area contributed by atoms with Crippen molar-refractivity contribution < 1.29 is 0 Å². The lowest BCUT2D eigenvalue weighted by atomic mass is 10.1. The van der Waals surface area contributed by atoms with Crippen molar-refractivity contribution in [3.05, 3.63) is 58.1 Å². The standard InChI is InChI=1S/C17H19ClN4S2/c1-10-7-11(2)9-13(8-10)19-16(23)21-22-17(24)20-15-6-4-5-14(18)12(15)3/h4-9H,1-3H3,(H2,19,21,23)(H2,20,22,24). The summed E-state index contributed by atoms with van der Waals surface area (Å²) in [5.41, 5.74) is 10.7. The van der Waals surface area contributed by atoms with Crippen LogP contribution < -0.4 is 21.5 Å².